The van der Waals surface area contributed by atoms with Gasteiger partial charge in [-0.05, 0) is 56.8 Å². The van der Waals surface area contributed by atoms with Crippen LogP contribution < -0.4 is 9.64 Å². The highest BCUT2D eigenvalue weighted by molar-refractivity contribution is 7.12. The number of aliphatic carboxylic acids is 1. The Balaban J connectivity index is 0.00000442. The number of halogens is 4. The molecule has 0 radical (unpaired) electrons. The molecule has 2 saturated heterocycles. The zero-order chi connectivity index (χ0) is 30.7. The molecule has 4 heterocycles. The molecule has 0 bridgehead atoms. The van der Waals surface area contributed by atoms with Crippen LogP contribution in [0.4, 0.5) is 19.0 Å². The smallest absolute Gasteiger partial charge is 0.481 e. The Hall–Kier alpha value is -3.29. The quantitative estimate of drug-likeness (QED) is 0.234. The van der Waals surface area contributed by atoms with Crippen LogP contribution in [0.3, 0.4) is 0 Å². The van der Waals surface area contributed by atoms with E-state index in [1.54, 1.807) is 6.07 Å². The van der Waals surface area contributed by atoms with E-state index in [0.717, 1.165) is 36.8 Å². The Morgan fingerprint density at radius 1 is 1.11 bits per heavy atom. The van der Waals surface area contributed by atoms with Gasteiger partial charge in [0, 0.05) is 41.1 Å². The van der Waals surface area contributed by atoms with Crippen molar-refractivity contribution < 1.29 is 32.6 Å². The molecule has 238 valence electrons. The molecule has 2 aliphatic rings. The fourth-order valence-corrected chi connectivity index (χ4v) is 7.00. The van der Waals surface area contributed by atoms with Gasteiger partial charge in [0.25, 0.3) is 0 Å². The van der Waals surface area contributed by atoms with Crippen LogP contribution >= 0.6 is 22.9 Å². The highest BCUT2D eigenvalue weighted by atomic mass is 35.5. The number of Topliss-reactive ketones (excluding diaryl/α,β-unsaturated/α-hetero) is 1. The Kier molecular flexibility index (Phi) is 10.9. The molecule has 5 rings (SSSR count). The molecular weight excluding hydrogens is 619 g/mol. The van der Waals surface area contributed by atoms with Crippen LogP contribution in [0.1, 0.15) is 66.8 Å². The molecule has 0 spiro atoms. The van der Waals surface area contributed by atoms with Gasteiger partial charge < -0.3 is 14.7 Å². The number of ether oxygens (including phenoxy) is 1. The number of hydrogen-bond donors (Lipinski definition) is 1. The highest BCUT2D eigenvalue weighted by Gasteiger charge is 2.32. The number of aromatic nitrogens is 3. The van der Waals surface area contributed by atoms with Gasteiger partial charge >= 0.3 is 12.3 Å². The molecule has 2 fully saturated rings. The van der Waals surface area contributed by atoms with Gasteiger partial charge in [-0.2, -0.15) is 0 Å². The number of hydrogen-bond acceptors (Lipinski definition) is 9. The van der Waals surface area contributed by atoms with Crippen LogP contribution in [0, 0.1) is 5.92 Å². The number of benzene rings is 1. The summed E-state index contributed by atoms with van der Waals surface area (Å²) in [7, 11) is 0. The van der Waals surface area contributed by atoms with Gasteiger partial charge in [-0.3, -0.25) is 14.5 Å². The maximum atomic E-state index is 13.2. The van der Waals surface area contributed by atoms with Crippen molar-refractivity contribution in [2.45, 2.75) is 71.8 Å². The predicted octanol–water partition coefficient (Wildman–Crippen LogP) is 6.89. The van der Waals surface area contributed by atoms with E-state index in [1.165, 1.54) is 29.8 Å². The molecule has 2 aliphatic heterocycles. The van der Waals surface area contributed by atoms with Crippen LogP contribution in [0.5, 0.6) is 5.75 Å². The summed E-state index contributed by atoms with van der Waals surface area (Å²) in [6.07, 6.45) is 2.13. The lowest BCUT2D eigenvalue weighted by Gasteiger charge is -2.30. The molecule has 1 atom stereocenters. The third-order valence-electron chi connectivity index (χ3n) is 7.84. The van der Waals surface area contributed by atoms with Gasteiger partial charge in [-0.15, -0.1) is 24.5 Å². The zero-order valence-electron chi connectivity index (χ0n) is 23.4. The molecule has 9 nitrogen and oxygen atoms in total. The molecule has 1 aromatic carbocycles. The number of carboxylic acids is 1. The first-order valence-electron chi connectivity index (χ1n) is 14.1. The van der Waals surface area contributed by atoms with Crippen molar-refractivity contribution in [2.75, 3.05) is 24.5 Å². The van der Waals surface area contributed by atoms with Crippen molar-refractivity contribution >= 4 is 40.5 Å². The third kappa shape index (κ3) is 8.24. The van der Waals surface area contributed by atoms with E-state index in [1.807, 2.05) is 4.90 Å². The summed E-state index contributed by atoms with van der Waals surface area (Å²) < 4.78 is 43.0. The lowest BCUT2D eigenvalue weighted by Crippen LogP contribution is -2.36. The Morgan fingerprint density at radius 2 is 1.86 bits per heavy atom. The number of alkyl halides is 3. The summed E-state index contributed by atoms with van der Waals surface area (Å²) in [5.41, 5.74) is 1.01. The molecule has 3 aromatic rings. The molecule has 1 N–H and O–H groups in total. The molecule has 0 aliphatic carbocycles. The fraction of sp³-hybridized carbons (Fsp3) is 0.500. The number of anilines is 1. The third-order valence-corrected chi connectivity index (χ3v) is 9.10. The normalized spacial score (nSPS) is 17.8. The maximum Gasteiger partial charge on any atom is 0.573 e. The van der Waals surface area contributed by atoms with E-state index < -0.39 is 18.1 Å². The van der Waals surface area contributed by atoms with Crippen LogP contribution in [0.2, 0.25) is 5.02 Å². The molecular formula is C30H35ClF3N5O4S. The highest BCUT2D eigenvalue weighted by Crippen LogP contribution is 2.37. The summed E-state index contributed by atoms with van der Waals surface area (Å²) >= 11 is 7.52. The summed E-state index contributed by atoms with van der Waals surface area (Å²) in [6.45, 7) is 4.66. The maximum absolute atomic E-state index is 13.2. The van der Waals surface area contributed by atoms with E-state index in [-0.39, 0.29) is 36.3 Å². The predicted molar refractivity (Wildman–Crippen MR) is 162 cm³/mol. The largest absolute Gasteiger partial charge is 0.573 e. The monoisotopic (exact) mass is 653 g/mol. The molecule has 0 saturated carbocycles. The van der Waals surface area contributed by atoms with Crippen molar-refractivity contribution in [2.24, 2.45) is 5.92 Å². The van der Waals surface area contributed by atoms with Crippen LogP contribution in [0.15, 0.2) is 30.6 Å². The van der Waals surface area contributed by atoms with Gasteiger partial charge in [0.15, 0.2) is 5.78 Å². The average molecular weight is 654 g/mol. The molecule has 2 aromatic heterocycles. The van der Waals surface area contributed by atoms with Crippen molar-refractivity contribution in [3.05, 3.63) is 51.2 Å². The van der Waals surface area contributed by atoms with E-state index in [4.69, 9.17) is 16.6 Å². The number of piperidine rings is 1. The Bertz CT molecular complexity index is 1460. The van der Waals surface area contributed by atoms with E-state index in [2.05, 4.69) is 26.5 Å². The van der Waals surface area contributed by atoms with Crippen molar-refractivity contribution in [1.82, 2.24) is 19.9 Å². The molecule has 0 unspecified atom stereocenters. The van der Waals surface area contributed by atoms with Gasteiger partial charge in [0.1, 0.15) is 22.3 Å². The summed E-state index contributed by atoms with van der Waals surface area (Å²) in [5, 5.41) is 9.79. The SMILES string of the molecule is C.CC[C@@H]1CCCN1Cc1sc(CC(=O)c2cnc(N3CCC(C(=O)O)CC3)cn2)nc1-c1cc(Cl)cc(OC(F)(F)F)c1. The first-order valence-corrected chi connectivity index (χ1v) is 15.3. The average Bonchev–Trinajstić information content (AvgIpc) is 3.58. The number of nitrogens with zero attached hydrogens (tertiary/aromatic N) is 5. The molecule has 0 amide bonds. The van der Waals surface area contributed by atoms with E-state index in [0.29, 0.717) is 60.6 Å². The van der Waals surface area contributed by atoms with Gasteiger partial charge in [0.05, 0.1) is 30.4 Å². The topological polar surface area (TPSA) is 109 Å². The minimum absolute atomic E-state index is 0. The fourth-order valence-electron chi connectivity index (χ4n) is 5.66. The summed E-state index contributed by atoms with van der Waals surface area (Å²) in [6, 6.07) is 4.29. The van der Waals surface area contributed by atoms with Crippen molar-refractivity contribution in [3.63, 3.8) is 0 Å². The van der Waals surface area contributed by atoms with Crippen LogP contribution in [-0.4, -0.2) is 68.7 Å². The first kappa shape index (κ1) is 33.6. The molecule has 14 heteroatoms. The summed E-state index contributed by atoms with van der Waals surface area (Å²) in [4.78, 5) is 42.9. The van der Waals surface area contributed by atoms with Crippen molar-refractivity contribution in [3.8, 4) is 17.0 Å². The number of carbonyl (C=O) groups excluding carboxylic acids is 1. The van der Waals surface area contributed by atoms with E-state index >= 15 is 0 Å². The zero-order valence-corrected chi connectivity index (χ0v) is 25.0. The lowest BCUT2D eigenvalue weighted by atomic mass is 9.97. The number of carboxylic acid groups (broad SMARTS) is 1. The lowest BCUT2D eigenvalue weighted by molar-refractivity contribution is -0.274. The van der Waals surface area contributed by atoms with Gasteiger partial charge in [0.2, 0.25) is 0 Å². The Labute approximate surface area is 263 Å². The first-order chi connectivity index (χ1) is 20.5. The standard InChI is InChI=1S/C29H31ClF3N5O4S.CH4/c1-2-20-4-3-7-38(20)16-24-27(18-10-19(30)12-21(11-18)42-29(31,32)33)36-26(43-24)13-23(39)22-14-35-25(15-34-22)37-8-5-17(6-9-37)28(40)41;/h10-12,14-15,17,20H,2-9,13,16H2,1H3,(H,40,41);1H4/t20-;/m1./s1. The number of thiazole rings is 1. The number of carbonyl (C=O) groups is 2. The minimum Gasteiger partial charge on any atom is -0.481 e. The number of rotatable bonds is 10. The summed E-state index contributed by atoms with van der Waals surface area (Å²) in [5.74, 6) is -1.33. The van der Waals surface area contributed by atoms with Gasteiger partial charge in [-0.25, -0.2) is 15.0 Å². The van der Waals surface area contributed by atoms with E-state index in [9.17, 15) is 27.9 Å². The second kappa shape index (κ2) is 14.2. The molecule has 44 heavy (non-hydrogen) atoms. The van der Waals surface area contributed by atoms with Gasteiger partial charge in [-0.1, -0.05) is 26.0 Å². The second-order valence-electron chi connectivity index (χ2n) is 10.7. The second-order valence-corrected chi connectivity index (χ2v) is 12.3. The van der Waals surface area contributed by atoms with Crippen LogP contribution in [-0.2, 0) is 17.8 Å². The van der Waals surface area contributed by atoms with Crippen molar-refractivity contribution in [1.29, 1.82) is 0 Å². The number of likely N-dealkylation sites (tertiary alicyclic amines) is 1. The number of ketones is 1. The van der Waals surface area contributed by atoms with Crippen LogP contribution in [0.25, 0.3) is 11.3 Å². The Morgan fingerprint density at radius 3 is 2.50 bits per heavy atom. The minimum atomic E-state index is -4.88.